The van der Waals surface area contributed by atoms with Crippen LogP contribution < -0.4 is 35.3 Å². The first-order valence-corrected chi connectivity index (χ1v) is 10.7. The van der Waals surface area contributed by atoms with Gasteiger partial charge in [-0.1, -0.05) is 0 Å². The number of aromatic nitrogens is 2. The summed E-state index contributed by atoms with van der Waals surface area (Å²) in [5.74, 6) is -0.260. The van der Waals surface area contributed by atoms with Gasteiger partial charge >= 0.3 is 0 Å². The molecule has 1 atom stereocenters. The quantitative estimate of drug-likeness (QED) is 0.598. The van der Waals surface area contributed by atoms with E-state index in [1.165, 1.54) is 21.3 Å². The number of fused-ring (bicyclic) bond motifs is 1. The highest BCUT2D eigenvalue weighted by atomic mass is 16.5. The van der Waals surface area contributed by atoms with E-state index in [1.54, 1.807) is 12.1 Å². The molecule has 0 spiro atoms. The highest BCUT2D eigenvalue weighted by molar-refractivity contribution is 6.04. The third-order valence-electron chi connectivity index (χ3n) is 5.84. The van der Waals surface area contributed by atoms with Gasteiger partial charge in [0.05, 0.1) is 32.8 Å². The molecule has 0 saturated carbocycles. The highest BCUT2D eigenvalue weighted by Gasteiger charge is 2.35. The number of ether oxygens (including phenoxy) is 3. The van der Waals surface area contributed by atoms with Crippen LogP contribution in [0.25, 0.3) is 0 Å². The Kier molecular flexibility index (Phi) is 6.38. The Bertz CT molecular complexity index is 1100. The lowest BCUT2D eigenvalue weighted by Crippen LogP contribution is -2.38. The number of benzene rings is 1. The standard InChI is InChI=1S/C22H27N5O6/c1-31-14-9-12(10-15(32-2)18(14)33-3)23-20(29)13-11-16(28)24-19-17(13)21(30)26-22(25-19)27-7-5-4-6-8-27/h9-10,13H,4-8,11H2,1-3H3,(H,23,29)(H2,24,25,26,28,30)/t13-/m1/s1. The molecule has 2 aliphatic heterocycles. The second-order valence-electron chi connectivity index (χ2n) is 7.91. The number of methoxy groups -OCH3 is 3. The predicted molar refractivity (Wildman–Crippen MR) is 122 cm³/mol. The zero-order valence-electron chi connectivity index (χ0n) is 18.8. The first-order chi connectivity index (χ1) is 15.9. The second-order valence-corrected chi connectivity index (χ2v) is 7.91. The van der Waals surface area contributed by atoms with Gasteiger partial charge in [-0.25, -0.2) is 0 Å². The molecular formula is C22H27N5O6. The fourth-order valence-corrected chi connectivity index (χ4v) is 4.22. The molecular weight excluding hydrogens is 430 g/mol. The van der Waals surface area contributed by atoms with Crippen molar-refractivity contribution >= 4 is 29.3 Å². The van der Waals surface area contributed by atoms with E-state index >= 15 is 0 Å². The molecule has 1 fully saturated rings. The molecule has 0 bridgehead atoms. The number of rotatable bonds is 6. The highest BCUT2D eigenvalue weighted by Crippen LogP contribution is 2.40. The third kappa shape index (κ3) is 4.43. The summed E-state index contributed by atoms with van der Waals surface area (Å²) >= 11 is 0. The first kappa shape index (κ1) is 22.4. The van der Waals surface area contributed by atoms with Gasteiger partial charge in [-0.05, 0) is 19.3 Å². The van der Waals surface area contributed by atoms with E-state index in [0.29, 0.717) is 28.9 Å². The molecule has 11 heteroatoms. The van der Waals surface area contributed by atoms with Crippen molar-refractivity contribution in [3.8, 4) is 17.2 Å². The van der Waals surface area contributed by atoms with Crippen molar-refractivity contribution in [2.75, 3.05) is 50.0 Å². The molecule has 176 valence electrons. The minimum absolute atomic E-state index is 0.126. The fraction of sp³-hybridized carbons (Fsp3) is 0.455. The number of carbonyl (C=O) groups excluding carboxylic acids is 2. The number of amides is 2. The maximum atomic E-state index is 13.2. The summed E-state index contributed by atoms with van der Waals surface area (Å²) in [5.41, 5.74) is 0.0715. The van der Waals surface area contributed by atoms with E-state index in [9.17, 15) is 14.4 Å². The maximum Gasteiger partial charge on any atom is 0.258 e. The molecule has 3 heterocycles. The van der Waals surface area contributed by atoms with E-state index in [1.807, 2.05) is 4.90 Å². The number of H-pyrrole nitrogens is 1. The zero-order chi connectivity index (χ0) is 23.5. The van der Waals surface area contributed by atoms with Crippen molar-refractivity contribution in [2.45, 2.75) is 31.6 Å². The topological polar surface area (TPSA) is 135 Å². The van der Waals surface area contributed by atoms with E-state index in [0.717, 1.165) is 32.4 Å². The average molecular weight is 457 g/mol. The first-order valence-electron chi connectivity index (χ1n) is 10.7. The second kappa shape index (κ2) is 9.39. The molecule has 4 rings (SSSR count). The summed E-state index contributed by atoms with van der Waals surface area (Å²) < 4.78 is 15.9. The minimum Gasteiger partial charge on any atom is -0.493 e. The number of aromatic amines is 1. The average Bonchev–Trinajstić information content (AvgIpc) is 2.82. The van der Waals surface area contributed by atoms with E-state index < -0.39 is 17.4 Å². The largest absolute Gasteiger partial charge is 0.493 e. The van der Waals surface area contributed by atoms with E-state index in [-0.39, 0.29) is 23.7 Å². The van der Waals surface area contributed by atoms with Crippen LogP contribution >= 0.6 is 0 Å². The van der Waals surface area contributed by atoms with Crippen molar-refractivity contribution in [1.29, 1.82) is 0 Å². The van der Waals surface area contributed by atoms with Crippen LogP contribution in [-0.2, 0) is 9.59 Å². The van der Waals surface area contributed by atoms with Crippen molar-refractivity contribution in [3.63, 3.8) is 0 Å². The Labute approximate surface area is 190 Å². The van der Waals surface area contributed by atoms with Crippen LogP contribution in [0.1, 0.15) is 37.2 Å². The van der Waals surface area contributed by atoms with Gasteiger partial charge in [-0.3, -0.25) is 19.4 Å². The number of anilines is 3. The molecule has 1 aromatic heterocycles. The number of piperidine rings is 1. The van der Waals surface area contributed by atoms with Gasteiger partial charge in [0.25, 0.3) is 5.56 Å². The molecule has 0 aliphatic carbocycles. The van der Waals surface area contributed by atoms with Crippen molar-refractivity contribution in [2.24, 2.45) is 0 Å². The molecule has 0 radical (unpaired) electrons. The number of hydrogen-bond donors (Lipinski definition) is 3. The normalized spacial score (nSPS) is 17.6. The summed E-state index contributed by atoms with van der Waals surface area (Å²) in [4.78, 5) is 47.8. The smallest absolute Gasteiger partial charge is 0.258 e. The van der Waals surface area contributed by atoms with E-state index in [2.05, 4.69) is 20.6 Å². The number of hydrogen-bond acceptors (Lipinski definition) is 8. The molecule has 2 aliphatic rings. The minimum atomic E-state index is -1.00. The van der Waals surface area contributed by atoms with Gasteiger partial charge < -0.3 is 29.7 Å². The molecule has 1 saturated heterocycles. The lowest BCUT2D eigenvalue weighted by Gasteiger charge is -2.29. The summed E-state index contributed by atoms with van der Waals surface area (Å²) in [6, 6.07) is 3.15. The van der Waals surface area contributed by atoms with Crippen LogP contribution in [-0.4, -0.2) is 56.2 Å². The van der Waals surface area contributed by atoms with Gasteiger partial charge in [0, 0.05) is 37.3 Å². The lowest BCUT2D eigenvalue weighted by molar-refractivity contribution is -0.123. The Balaban J connectivity index is 1.65. The zero-order valence-corrected chi connectivity index (χ0v) is 18.8. The van der Waals surface area contributed by atoms with Crippen molar-refractivity contribution in [3.05, 3.63) is 28.0 Å². The van der Waals surface area contributed by atoms with Gasteiger partial charge in [0.2, 0.25) is 23.5 Å². The molecule has 11 nitrogen and oxygen atoms in total. The molecule has 3 N–H and O–H groups in total. The van der Waals surface area contributed by atoms with Crippen LogP contribution in [0, 0.1) is 0 Å². The van der Waals surface area contributed by atoms with Crippen LogP contribution in [0.5, 0.6) is 17.2 Å². The number of carbonyl (C=O) groups is 2. The van der Waals surface area contributed by atoms with Crippen molar-refractivity contribution < 1.29 is 23.8 Å². The summed E-state index contributed by atoms with van der Waals surface area (Å²) in [6.07, 6.45) is 2.97. The SMILES string of the molecule is COc1cc(NC(=O)[C@@H]2CC(=O)Nc3nc(N4CCCCC4)[nH]c(=O)c32)cc(OC)c1OC. The van der Waals surface area contributed by atoms with Crippen molar-refractivity contribution in [1.82, 2.24) is 9.97 Å². The van der Waals surface area contributed by atoms with Gasteiger partial charge in [0.1, 0.15) is 5.82 Å². The fourth-order valence-electron chi connectivity index (χ4n) is 4.22. The predicted octanol–water partition coefficient (Wildman–Crippen LogP) is 1.85. The molecule has 2 aromatic rings. The molecule has 33 heavy (non-hydrogen) atoms. The van der Waals surface area contributed by atoms with Gasteiger partial charge in [0.15, 0.2) is 11.5 Å². The lowest BCUT2D eigenvalue weighted by atomic mass is 9.92. The summed E-state index contributed by atoms with van der Waals surface area (Å²) in [6.45, 7) is 1.56. The molecule has 0 unspecified atom stereocenters. The Morgan fingerprint density at radius 2 is 1.73 bits per heavy atom. The van der Waals surface area contributed by atoms with E-state index in [4.69, 9.17) is 14.2 Å². The van der Waals surface area contributed by atoms with Crippen LogP contribution in [0.2, 0.25) is 0 Å². The monoisotopic (exact) mass is 457 g/mol. The van der Waals surface area contributed by atoms with Crippen LogP contribution in [0.4, 0.5) is 17.5 Å². The number of nitrogens with one attached hydrogen (secondary N) is 3. The number of nitrogens with zero attached hydrogens (tertiary/aromatic N) is 2. The summed E-state index contributed by atoms with van der Waals surface area (Å²) in [5, 5.41) is 5.40. The third-order valence-corrected chi connectivity index (χ3v) is 5.84. The van der Waals surface area contributed by atoms with Gasteiger partial charge in [-0.2, -0.15) is 4.98 Å². The Hall–Kier alpha value is -3.76. The molecule has 1 aromatic carbocycles. The van der Waals surface area contributed by atoms with Crippen LogP contribution in [0.3, 0.4) is 0 Å². The van der Waals surface area contributed by atoms with Crippen LogP contribution in [0.15, 0.2) is 16.9 Å². The summed E-state index contributed by atoms with van der Waals surface area (Å²) in [7, 11) is 4.42. The maximum absolute atomic E-state index is 13.2. The molecule has 2 amide bonds. The van der Waals surface area contributed by atoms with Gasteiger partial charge in [-0.15, -0.1) is 0 Å². The Morgan fingerprint density at radius 3 is 2.33 bits per heavy atom. The Morgan fingerprint density at radius 1 is 1.06 bits per heavy atom.